The van der Waals surface area contributed by atoms with Gasteiger partial charge in [-0.05, 0) is 19.4 Å². The van der Waals surface area contributed by atoms with Crippen LogP contribution in [0, 0.1) is 0 Å². The van der Waals surface area contributed by atoms with Gasteiger partial charge in [-0.15, -0.1) is 0 Å². The Balaban J connectivity index is 2.46. The zero-order chi connectivity index (χ0) is 16.9. The van der Waals surface area contributed by atoms with Crippen LogP contribution < -0.4 is 5.32 Å². The zero-order valence-electron chi connectivity index (χ0n) is 11.8. The molecule has 6 N–H and O–H groups in total. The van der Waals surface area contributed by atoms with E-state index < -0.39 is 42.2 Å². The van der Waals surface area contributed by atoms with Gasteiger partial charge in [-0.25, -0.2) is 4.79 Å². The predicted octanol–water partition coefficient (Wildman–Crippen LogP) is -2.62. The monoisotopic (exact) mass is 320 g/mol. The van der Waals surface area contributed by atoms with Gasteiger partial charge in [0.1, 0.15) is 12.1 Å². The maximum atomic E-state index is 11.1. The zero-order valence-corrected chi connectivity index (χ0v) is 11.8. The van der Waals surface area contributed by atoms with Crippen molar-refractivity contribution in [3.8, 4) is 0 Å². The Morgan fingerprint density at radius 3 is 2.18 bits per heavy atom. The number of aliphatic carboxylic acids is 3. The molecule has 126 valence electrons. The van der Waals surface area contributed by atoms with Gasteiger partial charge in [0.05, 0.1) is 6.10 Å². The molecule has 1 aliphatic rings. The molecule has 0 spiro atoms. The van der Waals surface area contributed by atoms with Crippen molar-refractivity contribution in [2.75, 3.05) is 19.6 Å². The molecular weight excluding hydrogens is 300 g/mol. The highest BCUT2D eigenvalue weighted by atomic mass is 16.4. The number of β-amino-alcohol motifs (C(OH)–C–C–N with tert-alkyl or cyclic N) is 1. The van der Waals surface area contributed by atoms with Crippen molar-refractivity contribution < 1.29 is 39.9 Å². The van der Waals surface area contributed by atoms with Crippen LogP contribution in [0.1, 0.15) is 12.8 Å². The SMILES string of the molecule is O=C(O)[C@@H](NCC[C@H](O)C(=O)O)C(O)CN1CC[C@H]1C(=O)O. The quantitative estimate of drug-likeness (QED) is 0.251. The van der Waals surface area contributed by atoms with Crippen LogP contribution in [0.2, 0.25) is 0 Å². The van der Waals surface area contributed by atoms with Crippen molar-refractivity contribution in [1.29, 1.82) is 0 Å². The summed E-state index contributed by atoms with van der Waals surface area (Å²) in [4.78, 5) is 33.9. The maximum Gasteiger partial charge on any atom is 0.332 e. The Hall–Kier alpha value is -1.75. The van der Waals surface area contributed by atoms with Gasteiger partial charge < -0.3 is 30.8 Å². The number of likely N-dealkylation sites (tertiary alicyclic amines) is 1. The third kappa shape index (κ3) is 4.91. The summed E-state index contributed by atoms with van der Waals surface area (Å²) < 4.78 is 0. The summed E-state index contributed by atoms with van der Waals surface area (Å²) in [5.74, 6) is -3.79. The van der Waals surface area contributed by atoms with Crippen LogP contribution in [0.15, 0.2) is 0 Å². The van der Waals surface area contributed by atoms with E-state index in [9.17, 15) is 19.5 Å². The number of carboxylic acid groups (broad SMARTS) is 3. The lowest BCUT2D eigenvalue weighted by molar-refractivity contribution is -0.150. The number of hydrogen-bond donors (Lipinski definition) is 6. The minimum Gasteiger partial charge on any atom is -0.480 e. The summed E-state index contributed by atoms with van der Waals surface area (Å²) in [7, 11) is 0. The Labute approximate surface area is 126 Å². The second kappa shape index (κ2) is 8.03. The van der Waals surface area contributed by atoms with Gasteiger partial charge in [-0.1, -0.05) is 0 Å². The first-order chi connectivity index (χ1) is 10.2. The average molecular weight is 320 g/mol. The number of carboxylic acids is 3. The standard InChI is InChI=1S/C12H20N2O8/c15-7(11(19)20)1-3-13-9(12(21)22)8(16)5-14-4-2-6(14)10(17)18/h6-9,13,15-16H,1-5H2,(H,17,18)(H,19,20)(H,21,22)/t6-,7-,8?,9-/m0/s1. The van der Waals surface area contributed by atoms with Crippen LogP contribution in [0.5, 0.6) is 0 Å². The Morgan fingerprint density at radius 2 is 1.77 bits per heavy atom. The van der Waals surface area contributed by atoms with Crippen molar-refractivity contribution in [3.63, 3.8) is 0 Å². The smallest absolute Gasteiger partial charge is 0.332 e. The Bertz CT molecular complexity index is 429. The van der Waals surface area contributed by atoms with Crippen LogP contribution in [0.3, 0.4) is 0 Å². The summed E-state index contributed by atoms with van der Waals surface area (Å²) >= 11 is 0. The van der Waals surface area contributed by atoms with E-state index in [-0.39, 0.29) is 19.5 Å². The Kier molecular flexibility index (Phi) is 6.68. The van der Waals surface area contributed by atoms with Crippen LogP contribution in [0.4, 0.5) is 0 Å². The van der Waals surface area contributed by atoms with E-state index in [1.165, 1.54) is 4.90 Å². The van der Waals surface area contributed by atoms with E-state index in [0.29, 0.717) is 13.0 Å². The molecule has 1 saturated heterocycles. The summed E-state index contributed by atoms with van der Waals surface area (Å²) in [5, 5.41) is 47.9. The number of rotatable bonds is 10. The van der Waals surface area contributed by atoms with Crippen LogP contribution in [-0.4, -0.2) is 92.3 Å². The van der Waals surface area contributed by atoms with E-state index in [0.717, 1.165) is 0 Å². The first kappa shape index (κ1) is 18.3. The number of nitrogens with one attached hydrogen (secondary N) is 1. The van der Waals surface area contributed by atoms with Gasteiger partial charge in [-0.3, -0.25) is 14.5 Å². The minimum absolute atomic E-state index is 0.121. The fraction of sp³-hybridized carbons (Fsp3) is 0.750. The maximum absolute atomic E-state index is 11.1. The van der Waals surface area contributed by atoms with Gasteiger partial charge >= 0.3 is 17.9 Å². The lowest BCUT2D eigenvalue weighted by Gasteiger charge is -2.39. The third-order valence-electron chi connectivity index (χ3n) is 3.56. The van der Waals surface area contributed by atoms with Crippen molar-refractivity contribution in [2.24, 2.45) is 0 Å². The van der Waals surface area contributed by atoms with Crippen LogP contribution in [-0.2, 0) is 14.4 Å². The normalized spacial score (nSPS) is 22.4. The number of aliphatic hydroxyl groups is 2. The topological polar surface area (TPSA) is 168 Å². The molecule has 22 heavy (non-hydrogen) atoms. The van der Waals surface area contributed by atoms with Gasteiger partial charge in [0.15, 0.2) is 6.10 Å². The summed E-state index contributed by atoms with van der Waals surface area (Å²) in [5.41, 5.74) is 0. The predicted molar refractivity (Wildman–Crippen MR) is 71.3 cm³/mol. The van der Waals surface area contributed by atoms with Gasteiger partial charge in [-0.2, -0.15) is 0 Å². The first-order valence-electron chi connectivity index (χ1n) is 6.76. The minimum atomic E-state index is -1.62. The lowest BCUT2D eigenvalue weighted by Crippen LogP contribution is -2.58. The number of aliphatic hydroxyl groups excluding tert-OH is 2. The highest BCUT2D eigenvalue weighted by molar-refractivity contribution is 5.75. The largest absolute Gasteiger partial charge is 0.480 e. The molecule has 4 atom stereocenters. The molecule has 1 fully saturated rings. The summed E-state index contributed by atoms with van der Waals surface area (Å²) in [6.07, 6.45) is -2.75. The second-order valence-corrected chi connectivity index (χ2v) is 5.12. The average Bonchev–Trinajstić information content (AvgIpc) is 2.37. The summed E-state index contributed by atoms with van der Waals surface area (Å²) in [6.45, 7) is 0.213. The van der Waals surface area contributed by atoms with Crippen LogP contribution >= 0.6 is 0 Å². The fourth-order valence-corrected chi connectivity index (χ4v) is 2.17. The molecule has 0 aromatic carbocycles. The van der Waals surface area contributed by atoms with E-state index in [1.54, 1.807) is 0 Å². The van der Waals surface area contributed by atoms with E-state index in [1.807, 2.05) is 0 Å². The van der Waals surface area contributed by atoms with E-state index in [4.69, 9.17) is 20.4 Å². The van der Waals surface area contributed by atoms with E-state index >= 15 is 0 Å². The molecule has 1 rings (SSSR count). The molecule has 0 radical (unpaired) electrons. The fourth-order valence-electron chi connectivity index (χ4n) is 2.17. The molecule has 10 nitrogen and oxygen atoms in total. The number of carbonyl (C=O) groups is 3. The molecule has 0 amide bonds. The van der Waals surface area contributed by atoms with Crippen molar-refractivity contribution in [2.45, 2.75) is 37.1 Å². The van der Waals surface area contributed by atoms with Gasteiger partial charge in [0.2, 0.25) is 0 Å². The molecule has 1 unspecified atom stereocenters. The molecule has 0 bridgehead atoms. The second-order valence-electron chi connectivity index (χ2n) is 5.12. The van der Waals surface area contributed by atoms with Crippen molar-refractivity contribution in [1.82, 2.24) is 10.2 Å². The molecule has 10 heteroatoms. The molecule has 0 aromatic rings. The molecule has 1 heterocycles. The van der Waals surface area contributed by atoms with Crippen molar-refractivity contribution >= 4 is 17.9 Å². The number of hydrogen-bond acceptors (Lipinski definition) is 7. The highest BCUT2D eigenvalue weighted by Crippen LogP contribution is 2.18. The summed E-state index contributed by atoms with van der Waals surface area (Å²) in [6, 6.07) is -2.10. The third-order valence-corrected chi connectivity index (χ3v) is 3.56. The molecule has 1 aliphatic heterocycles. The van der Waals surface area contributed by atoms with E-state index in [2.05, 4.69) is 5.32 Å². The number of nitrogens with zero attached hydrogens (tertiary/aromatic N) is 1. The Morgan fingerprint density at radius 1 is 1.14 bits per heavy atom. The van der Waals surface area contributed by atoms with Crippen LogP contribution in [0.25, 0.3) is 0 Å². The van der Waals surface area contributed by atoms with Gasteiger partial charge in [0.25, 0.3) is 0 Å². The van der Waals surface area contributed by atoms with Crippen molar-refractivity contribution in [3.05, 3.63) is 0 Å². The molecule has 0 aromatic heterocycles. The molecule has 0 saturated carbocycles. The molecule has 0 aliphatic carbocycles. The lowest BCUT2D eigenvalue weighted by atomic mass is 10.0. The highest BCUT2D eigenvalue weighted by Gasteiger charge is 2.37. The molecular formula is C12H20N2O8. The van der Waals surface area contributed by atoms with Gasteiger partial charge in [0, 0.05) is 13.1 Å². The first-order valence-corrected chi connectivity index (χ1v) is 6.76.